The van der Waals surface area contributed by atoms with E-state index >= 15 is 0 Å². The van der Waals surface area contributed by atoms with Gasteiger partial charge in [0.2, 0.25) is 0 Å². The molecule has 0 fully saturated rings. The van der Waals surface area contributed by atoms with Crippen molar-refractivity contribution in [1.82, 2.24) is 5.32 Å². The van der Waals surface area contributed by atoms with Crippen LogP contribution in [0.2, 0.25) is 0 Å². The lowest BCUT2D eigenvalue weighted by Crippen LogP contribution is -2.30. The number of methoxy groups -OCH3 is 1. The highest BCUT2D eigenvalue weighted by Crippen LogP contribution is 2.19. The summed E-state index contributed by atoms with van der Waals surface area (Å²) in [5, 5.41) is 7.67. The fourth-order valence-electron chi connectivity index (χ4n) is 1.65. The number of nitrogens with one attached hydrogen (secondary N) is 2. The van der Waals surface area contributed by atoms with Crippen LogP contribution >= 0.6 is 11.3 Å². The zero-order chi connectivity index (χ0) is 13.7. The van der Waals surface area contributed by atoms with E-state index in [1.54, 1.807) is 42.7 Å². The normalized spacial score (nSPS) is 11.7. The molecular weight excluding hydrogens is 260 g/mol. The van der Waals surface area contributed by atoms with Gasteiger partial charge >= 0.3 is 6.03 Å². The monoisotopic (exact) mass is 276 g/mol. The van der Waals surface area contributed by atoms with Crippen molar-refractivity contribution in [3.8, 4) is 5.75 Å². The first-order valence-corrected chi connectivity index (χ1v) is 6.82. The van der Waals surface area contributed by atoms with Gasteiger partial charge in [0.25, 0.3) is 0 Å². The summed E-state index contributed by atoms with van der Waals surface area (Å²) in [6.07, 6.45) is 0. The van der Waals surface area contributed by atoms with Crippen LogP contribution < -0.4 is 15.4 Å². The lowest BCUT2D eigenvalue weighted by Gasteiger charge is -2.13. The first-order chi connectivity index (χ1) is 9.19. The highest BCUT2D eigenvalue weighted by molar-refractivity contribution is 7.10. The van der Waals surface area contributed by atoms with E-state index in [-0.39, 0.29) is 12.1 Å². The summed E-state index contributed by atoms with van der Waals surface area (Å²) in [6, 6.07) is 11.0. The van der Waals surface area contributed by atoms with Gasteiger partial charge in [-0.2, -0.15) is 0 Å². The Labute approximate surface area is 116 Å². The summed E-state index contributed by atoms with van der Waals surface area (Å²) in [6.45, 7) is 1.96. The number of amides is 2. The standard InChI is InChI=1S/C14H16N2O2S/c1-10(13-4-3-9-19-13)15-14(17)16-11-5-7-12(18-2)8-6-11/h3-10H,1-2H3,(H2,15,16,17). The smallest absolute Gasteiger partial charge is 0.319 e. The lowest BCUT2D eigenvalue weighted by molar-refractivity contribution is 0.249. The van der Waals surface area contributed by atoms with Crippen molar-refractivity contribution in [1.29, 1.82) is 0 Å². The number of thiophene rings is 1. The maximum atomic E-state index is 11.8. The molecule has 0 spiro atoms. The van der Waals surface area contributed by atoms with E-state index in [0.29, 0.717) is 0 Å². The molecule has 0 saturated heterocycles. The molecule has 1 heterocycles. The van der Waals surface area contributed by atoms with E-state index < -0.39 is 0 Å². The molecular formula is C14H16N2O2S. The van der Waals surface area contributed by atoms with Crippen LogP contribution in [0.3, 0.4) is 0 Å². The Morgan fingerprint density at radius 2 is 2.00 bits per heavy atom. The van der Waals surface area contributed by atoms with E-state index in [2.05, 4.69) is 10.6 Å². The predicted molar refractivity (Wildman–Crippen MR) is 77.9 cm³/mol. The van der Waals surface area contributed by atoms with Gasteiger partial charge in [-0.15, -0.1) is 11.3 Å². The first kappa shape index (κ1) is 13.4. The van der Waals surface area contributed by atoms with Crippen molar-refractivity contribution in [3.05, 3.63) is 46.7 Å². The maximum Gasteiger partial charge on any atom is 0.319 e. The summed E-state index contributed by atoms with van der Waals surface area (Å²) in [7, 11) is 1.61. The van der Waals surface area contributed by atoms with E-state index in [9.17, 15) is 4.79 Å². The Balaban J connectivity index is 1.90. The number of hydrogen-bond acceptors (Lipinski definition) is 3. The van der Waals surface area contributed by atoms with E-state index in [0.717, 1.165) is 16.3 Å². The number of anilines is 1. The van der Waals surface area contributed by atoms with Gasteiger partial charge in [0.1, 0.15) is 5.75 Å². The largest absolute Gasteiger partial charge is 0.497 e. The molecule has 5 heteroatoms. The second-order valence-electron chi connectivity index (χ2n) is 4.06. The fraction of sp³-hybridized carbons (Fsp3) is 0.214. The SMILES string of the molecule is COc1ccc(NC(=O)NC(C)c2cccs2)cc1. The van der Waals surface area contributed by atoms with Gasteiger partial charge < -0.3 is 15.4 Å². The van der Waals surface area contributed by atoms with Gasteiger partial charge in [0.05, 0.1) is 13.2 Å². The summed E-state index contributed by atoms with van der Waals surface area (Å²) in [4.78, 5) is 13.0. The third kappa shape index (κ3) is 3.72. The van der Waals surface area contributed by atoms with Crippen molar-refractivity contribution in [2.24, 2.45) is 0 Å². The van der Waals surface area contributed by atoms with Crippen LogP contribution in [-0.4, -0.2) is 13.1 Å². The van der Waals surface area contributed by atoms with Gasteiger partial charge in [-0.25, -0.2) is 4.79 Å². The maximum absolute atomic E-state index is 11.8. The number of benzene rings is 1. The van der Waals surface area contributed by atoms with E-state index in [4.69, 9.17) is 4.74 Å². The van der Waals surface area contributed by atoms with Crippen LogP contribution in [0.25, 0.3) is 0 Å². The third-order valence-corrected chi connectivity index (χ3v) is 3.72. The topological polar surface area (TPSA) is 50.4 Å². The molecule has 1 unspecified atom stereocenters. The van der Waals surface area contributed by atoms with Gasteiger partial charge in [0.15, 0.2) is 0 Å². The van der Waals surface area contributed by atoms with Crippen LogP contribution in [0.15, 0.2) is 41.8 Å². The molecule has 0 aliphatic rings. The molecule has 2 aromatic rings. The van der Waals surface area contributed by atoms with Crippen LogP contribution in [0, 0.1) is 0 Å². The fourth-order valence-corrected chi connectivity index (χ4v) is 2.38. The van der Waals surface area contributed by atoms with Crippen LogP contribution in [0.5, 0.6) is 5.75 Å². The summed E-state index contributed by atoms with van der Waals surface area (Å²) < 4.78 is 5.06. The molecule has 2 N–H and O–H groups in total. The number of ether oxygens (including phenoxy) is 1. The van der Waals surface area contributed by atoms with E-state index in [1.807, 2.05) is 24.4 Å². The molecule has 100 valence electrons. The first-order valence-electron chi connectivity index (χ1n) is 5.94. The Bertz CT molecular complexity index is 523. The Kier molecular flexibility index (Phi) is 4.41. The minimum atomic E-state index is -0.217. The Morgan fingerprint density at radius 1 is 1.26 bits per heavy atom. The minimum Gasteiger partial charge on any atom is -0.497 e. The summed E-state index contributed by atoms with van der Waals surface area (Å²) >= 11 is 1.63. The average molecular weight is 276 g/mol. The van der Waals surface area contributed by atoms with Gasteiger partial charge in [-0.3, -0.25) is 0 Å². The van der Waals surface area contributed by atoms with Crippen molar-refractivity contribution >= 4 is 23.1 Å². The molecule has 1 aromatic heterocycles. The molecule has 0 aliphatic carbocycles. The van der Waals surface area contributed by atoms with Crippen LogP contribution in [-0.2, 0) is 0 Å². The van der Waals surface area contributed by atoms with Crippen molar-refractivity contribution in [2.45, 2.75) is 13.0 Å². The molecule has 19 heavy (non-hydrogen) atoms. The number of rotatable bonds is 4. The summed E-state index contributed by atoms with van der Waals surface area (Å²) in [5.41, 5.74) is 0.733. The highest BCUT2D eigenvalue weighted by atomic mass is 32.1. The quantitative estimate of drug-likeness (QED) is 0.895. The molecule has 0 radical (unpaired) electrons. The summed E-state index contributed by atoms with van der Waals surface area (Å²) in [5.74, 6) is 0.762. The third-order valence-electron chi connectivity index (χ3n) is 2.67. The molecule has 4 nitrogen and oxygen atoms in total. The number of carbonyl (C=O) groups is 1. The van der Waals surface area contributed by atoms with Gasteiger partial charge in [-0.1, -0.05) is 6.07 Å². The van der Waals surface area contributed by atoms with Crippen LogP contribution in [0.4, 0.5) is 10.5 Å². The number of urea groups is 1. The predicted octanol–water partition coefficient (Wildman–Crippen LogP) is 3.64. The van der Waals surface area contributed by atoms with Crippen molar-refractivity contribution in [3.63, 3.8) is 0 Å². The zero-order valence-electron chi connectivity index (χ0n) is 10.8. The second kappa shape index (κ2) is 6.24. The number of carbonyl (C=O) groups excluding carboxylic acids is 1. The molecule has 1 aromatic carbocycles. The van der Waals surface area contributed by atoms with Crippen molar-refractivity contribution in [2.75, 3.05) is 12.4 Å². The lowest BCUT2D eigenvalue weighted by atomic mass is 10.3. The van der Waals surface area contributed by atoms with Crippen LogP contribution in [0.1, 0.15) is 17.8 Å². The van der Waals surface area contributed by atoms with Gasteiger partial charge in [-0.05, 0) is 42.6 Å². The highest BCUT2D eigenvalue weighted by Gasteiger charge is 2.10. The zero-order valence-corrected chi connectivity index (χ0v) is 11.7. The minimum absolute atomic E-state index is 0.00162. The molecule has 1 atom stereocenters. The average Bonchev–Trinajstić information content (AvgIpc) is 2.93. The van der Waals surface area contributed by atoms with E-state index in [1.165, 1.54) is 0 Å². The molecule has 0 aliphatic heterocycles. The molecule has 0 bridgehead atoms. The second-order valence-corrected chi connectivity index (χ2v) is 5.04. The Hall–Kier alpha value is -2.01. The molecule has 2 rings (SSSR count). The molecule has 0 saturated carbocycles. The number of hydrogen-bond donors (Lipinski definition) is 2. The van der Waals surface area contributed by atoms with Gasteiger partial charge in [0, 0.05) is 10.6 Å². The molecule has 2 amide bonds. The van der Waals surface area contributed by atoms with Crippen molar-refractivity contribution < 1.29 is 9.53 Å². The Morgan fingerprint density at radius 3 is 2.58 bits per heavy atom.